The lowest BCUT2D eigenvalue weighted by molar-refractivity contribution is -0.118. The zero-order valence-corrected chi connectivity index (χ0v) is 17.3. The summed E-state index contributed by atoms with van der Waals surface area (Å²) in [7, 11) is 0. The molecule has 0 saturated heterocycles. The van der Waals surface area contributed by atoms with Gasteiger partial charge in [0.1, 0.15) is 11.4 Å². The maximum atomic E-state index is 12.9. The number of rotatable bonds is 9. The lowest BCUT2D eigenvalue weighted by Gasteiger charge is -2.12. The number of ketones is 2. The van der Waals surface area contributed by atoms with Crippen molar-refractivity contribution in [3.05, 3.63) is 58.3 Å². The molecule has 3 rings (SSSR count). The molecule has 8 nitrogen and oxygen atoms in total. The van der Waals surface area contributed by atoms with E-state index < -0.39 is 11.7 Å². The van der Waals surface area contributed by atoms with Gasteiger partial charge in [-0.3, -0.25) is 24.3 Å². The molecular formula is C21H22N4O4S. The normalized spacial score (nSPS) is 12.9. The Hall–Kier alpha value is -3.20. The van der Waals surface area contributed by atoms with Gasteiger partial charge in [0.15, 0.2) is 0 Å². The molecule has 9 heteroatoms. The van der Waals surface area contributed by atoms with Gasteiger partial charge in [0.2, 0.25) is 17.5 Å². The molecule has 1 aliphatic carbocycles. The fourth-order valence-corrected chi connectivity index (χ4v) is 3.95. The summed E-state index contributed by atoms with van der Waals surface area (Å²) in [5, 5.41) is 11.9. The van der Waals surface area contributed by atoms with E-state index in [2.05, 4.69) is 20.8 Å². The highest BCUT2D eigenvalue weighted by molar-refractivity contribution is 8.04. The van der Waals surface area contributed by atoms with Crippen LogP contribution in [0, 0.1) is 0 Å². The van der Waals surface area contributed by atoms with Crippen molar-refractivity contribution in [3.8, 4) is 0 Å². The monoisotopic (exact) mass is 426 g/mol. The molecule has 1 aliphatic rings. The summed E-state index contributed by atoms with van der Waals surface area (Å²) in [5.41, 5.74) is 0.542. The number of aromatic nitrogens is 2. The third kappa shape index (κ3) is 5.24. The van der Waals surface area contributed by atoms with Gasteiger partial charge in [-0.05, 0) is 30.7 Å². The molecule has 0 aliphatic heterocycles. The number of hydrogen-bond acceptors (Lipinski definition) is 6. The van der Waals surface area contributed by atoms with Crippen LogP contribution < -0.4 is 10.6 Å². The minimum absolute atomic E-state index is 0.0177. The lowest BCUT2D eigenvalue weighted by atomic mass is 9.99. The lowest BCUT2D eigenvalue weighted by Crippen LogP contribution is -2.21. The number of nitrogens with one attached hydrogen (secondary N) is 3. The van der Waals surface area contributed by atoms with Crippen LogP contribution in [0.4, 0.5) is 5.69 Å². The Bertz CT molecular complexity index is 998. The van der Waals surface area contributed by atoms with E-state index in [1.807, 2.05) is 6.07 Å². The molecule has 0 spiro atoms. The highest BCUT2D eigenvalue weighted by Gasteiger charge is 2.33. The number of para-hydroxylation sites is 1. The highest BCUT2D eigenvalue weighted by Crippen LogP contribution is 2.30. The van der Waals surface area contributed by atoms with Crippen molar-refractivity contribution < 1.29 is 19.2 Å². The molecule has 1 aromatic carbocycles. The minimum Gasteiger partial charge on any atom is -0.356 e. The van der Waals surface area contributed by atoms with Gasteiger partial charge in [-0.15, -0.1) is 11.8 Å². The van der Waals surface area contributed by atoms with Crippen molar-refractivity contribution in [1.29, 1.82) is 0 Å². The number of H-pyrrole nitrogens is 1. The first-order valence-electron chi connectivity index (χ1n) is 9.60. The average Bonchev–Trinajstić information content (AvgIpc) is 3.17. The van der Waals surface area contributed by atoms with E-state index in [1.54, 1.807) is 24.3 Å². The van der Waals surface area contributed by atoms with Gasteiger partial charge in [-0.1, -0.05) is 24.6 Å². The van der Waals surface area contributed by atoms with Crippen molar-refractivity contribution in [2.75, 3.05) is 17.6 Å². The number of carbonyl (C=O) groups is 4. The Balaban J connectivity index is 1.61. The first-order chi connectivity index (χ1) is 14.5. The average molecular weight is 426 g/mol. The fraction of sp³-hybridized carbons (Fsp3) is 0.286. The molecule has 30 heavy (non-hydrogen) atoms. The van der Waals surface area contributed by atoms with Crippen molar-refractivity contribution in [2.45, 2.75) is 26.2 Å². The van der Waals surface area contributed by atoms with Crippen LogP contribution in [0.25, 0.3) is 0 Å². The number of nitrogens with zero attached hydrogens (tertiary/aromatic N) is 1. The number of aromatic amines is 1. The SMILES string of the molecule is CC(=O)NCCCCCSC1=CC(=O)c2n[nH]c(C(=O)Nc3ccccc3)c2C1=O. The van der Waals surface area contributed by atoms with Gasteiger partial charge in [0, 0.05) is 25.2 Å². The van der Waals surface area contributed by atoms with Crippen LogP contribution in [0.1, 0.15) is 57.5 Å². The third-order valence-corrected chi connectivity index (χ3v) is 5.53. The van der Waals surface area contributed by atoms with Gasteiger partial charge < -0.3 is 10.6 Å². The Morgan fingerprint density at radius 3 is 2.60 bits per heavy atom. The van der Waals surface area contributed by atoms with Gasteiger partial charge in [0.05, 0.1) is 10.5 Å². The number of Topliss-reactive ketones (excluding diaryl/α,β-unsaturated/α-hetero) is 1. The Kier molecular flexibility index (Phi) is 7.18. The van der Waals surface area contributed by atoms with Gasteiger partial charge in [0.25, 0.3) is 5.91 Å². The molecule has 0 bridgehead atoms. The van der Waals surface area contributed by atoms with Crippen LogP contribution in [0.3, 0.4) is 0 Å². The topological polar surface area (TPSA) is 121 Å². The summed E-state index contributed by atoms with van der Waals surface area (Å²) in [6, 6.07) is 8.83. The number of amides is 2. The predicted molar refractivity (Wildman–Crippen MR) is 115 cm³/mol. The predicted octanol–water partition coefficient (Wildman–Crippen LogP) is 2.96. The van der Waals surface area contributed by atoms with Crippen molar-refractivity contribution in [1.82, 2.24) is 15.5 Å². The Morgan fingerprint density at radius 2 is 1.87 bits per heavy atom. The van der Waals surface area contributed by atoms with E-state index in [1.165, 1.54) is 24.8 Å². The van der Waals surface area contributed by atoms with E-state index in [4.69, 9.17) is 0 Å². The van der Waals surface area contributed by atoms with Crippen molar-refractivity contribution in [3.63, 3.8) is 0 Å². The van der Waals surface area contributed by atoms with Crippen LogP contribution in [-0.4, -0.2) is 45.9 Å². The maximum Gasteiger partial charge on any atom is 0.274 e. The van der Waals surface area contributed by atoms with E-state index in [0.717, 1.165) is 19.3 Å². The number of anilines is 1. The fourth-order valence-electron chi connectivity index (χ4n) is 2.95. The molecular weight excluding hydrogens is 404 g/mol. The number of fused-ring (bicyclic) bond motifs is 1. The van der Waals surface area contributed by atoms with Gasteiger partial charge in [-0.25, -0.2) is 0 Å². The first-order valence-corrected chi connectivity index (χ1v) is 10.6. The molecule has 1 aromatic heterocycles. The molecule has 1 heterocycles. The number of thioether (sulfide) groups is 1. The van der Waals surface area contributed by atoms with Crippen LogP contribution in [0.15, 0.2) is 41.3 Å². The standard InChI is InChI=1S/C21H22N4O4S/c1-13(26)22-10-6-3-7-11-30-16-12-15(27)18-17(20(16)28)19(25-24-18)21(29)23-14-8-4-2-5-9-14/h2,4-5,8-9,12H,3,6-7,10-11H2,1H3,(H,22,26)(H,23,29)(H,24,25). The zero-order valence-electron chi connectivity index (χ0n) is 16.5. The number of benzene rings is 1. The van der Waals surface area contributed by atoms with Crippen LogP contribution in [0.2, 0.25) is 0 Å². The Labute approximate surface area is 177 Å². The molecule has 0 radical (unpaired) electrons. The molecule has 0 fully saturated rings. The van der Waals surface area contributed by atoms with E-state index in [0.29, 0.717) is 22.9 Å². The molecule has 3 N–H and O–H groups in total. The quantitative estimate of drug-likeness (QED) is 0.530. The summed E-state index contributed by atoms with van der Waals surface area (Å²) in [4.78, 5) is 49.0. The molecule has 0 atom stereocenters. The van der Waals surface area contributed by atoms with E-state index in [9.17, 15) is 19.2 Å². The summed E-state index contributed by atoms with van der Waals surface area (Å²) in [6.07, 6.45) is 3.86. The van der Waals surface area contributed by atoms with Crippen LogP contribution in [0.5, 0.6) is 0 Å². The second-order valence-corrected chi connectivity index (χ2v) is 7.87. The Morgan fingerprint density at radius 1 is 1.10 bits per heavy atom. The smallest absolute Gasteiger partial charge is 0.274 e. The second-order valence-electron chi connectivity index (χ2n) is 6.74. The second kappa shape index (κ2) is 10.0. The molecule has 156 valence electrons. The van der Waals surface area contributed by atoms with Gasteiger partial charge >= 0.3 is 0 Å². The summed E-state index contributed by atoms with van der Waals surface area (Å²) < 4.78 is 0. The van der Waals surface area contributed by atoms with E-state index in [-0.39, 0.29) is 28.6 Å². The van der Waals surface area contributed by atoms with Crippen molar-refractivity contribution in [2.24, 2.45) is 0 Å². The molecule has 2 amide bonds. The minimum atomic E-state index is -0.527. The highest BCUT2D eigenvalue weighted by atomic mass is 32.2. The van der Waals surface area contributed by atoms with Gasteiger partial charge in [-0.2, -0.15) is 5.10 Å². The number of carbonyl (C=O) groups excluding carboxylic acids is 4. The van der Waals surface area contributed by atoms with Crippen molar-refractivity contribution >= 4 is 40.8 Å². The first kappa shape index (κ1) is 21.5. The summed E-state index contributed by atoms with van der Waals surface area (Å²) in [6.45, 7) is 2.10. The third-order valence-electron chi connectivity index (χ3n) is 4.42. The molecule has 0 saturated carbocycles. The van der Waals surface area contributed by atoms with Crippen LogP contribution >= 0.6 is 11.8 Å². The molecule has 0 unspecified atom stereocenters. The zero-order chi connectivity index (χ0) is 21.5. The number of allylic oxidation sites excluding steroid dienone is 2. The summed E-state index contributed by atoms with van der Waals surface area (Å²) >= 11 is 1.29. The largest absolute Gasteiger partial charge is 0.356 e. The van der Waals surface area contributed by atoms with E-state index >= 15 is 0 Å². The molecule has 2 aromatic rings. The maximum absolute atomic E-state index is 12.9. The van der Waals surface area contributed by atoms with Crippen LogP contribution in [-0.2, 0) is 4.79 Å². The number of unbranched alkanes of at least 4 members (excludes halogenated alkanes) is 2. The summed E-state index contributed by atoms with van der Waals surface area (Å²) in [5.74, 6) is -0.694. The number of hydrogen-bond donors (Lipinski definition) is 3.